The fourth-order valence-electron chi connectivity index (χ4n) is 3.25. The fraction of sp³-hybridized carbons (Fsp3) is 0.556. The minimum Gasteiger partial charge on any atom is -0.316 e. The lowest BCUT2D eigenvalue weighted by Gasteiger charge is -2.08. The Morgan fingerprint density at radius 3 is 2.81 bits per heavy atom. The topological polar surface area (TPSA) is 83.6 Å². The van der Waals surface area contributed by atoms with Crippen molar-refractivity contribution in [2.75, 3.05) is 11.1 Å². The number of nitrogens with zero attached hydrogens (tertiary/aromatic N) is 4. The van der Waals surface area contributed by atoms with Crippen LogP contribution in [0.3, 0.4) is 0 Å². The molecule has 0 aliphatic heterocycles. The first-order chi connectivity index (χ1) is 12.6. The van der Waals surface area contributed by atoms with E-state index in [0.29, 0.717) is 10.6 Å². The molecule has 1 aliphatic rings. The van der Waals surface area contributed by atoms with Gasteiger partial charge in [0, 0.05) is 11.4 Å². The van der Waals surface area contributed by atoms with Gasteiger partial charge in [0.2, 0.25) is 5.91 Å². The van der Waals surface area contributed by atoms with E-state index in [1.807, 2.05) is 18.4 Å². The molecule has 0 saturated carbocycles. The van der Waals surface area contributed by atoms with Crippen molar-refractivity contribution in [3.8, 4) is 6.07 Å². The van der Waals surface area contributed by atoms with E-state index in [2.05, 4.69) is 21.6 Å². The van der Waals surface area contributed by atoms with E-state index in [-0.39, 0.29) is 11.7 Å². The Bertz CT molecular complexity index is 833. The molecule has 6 nitrogen and oxygen atoms in total. The molecular formula is C18H23N5OS2. The van der Waals surface area contributed by atoms with E-state index in [0.717, 1.165) is 48.8 Å². The third kappa shape index (κ3) is 4.10. The molecular weight excluding hydrogens is 366 g/mol. The highest BCUT2D eigenvalue weighted by Gasteiger charge is 2.20. The van der Waals surface area contributed by atoms with Crippen LogP contribution in [0.25, 0.3) is 0 Å². The van der Waals surface area contributed by atoms with E-state index in [4.69, 9.17) is 0 Å². The van der Waals surface area contributed by atoms with Crippen molar-refractivity contribution in [2.45, 2.75) is 64.1 Å². The number of rotatable bonds is 5. The molecule has 0 unspecified atom stereocenters. The van der Waals surface area contributed by atoms with Crippen LogP contribution in [0.15, 0.2) is 5.16 Å². The number of aryl methyl sites for hydroxylation is 2. The number of amides is 1. The molecule has 1 amide bonds. The van der Waals surface area contributed by atoms with E-state index in [1.54, 1.807) is 11.3 Å². The zero-order chi connectivity index (χ0) is 18.5. The summed E-state index contributed by atoms with van der Waals surface area (Å²) in [6.45, 7) is 4.71. The van der Waals surface area contributed by atoms with Gasteiger partial charge >= 0.3 is 0 Å². The smallest absolute Gasteiger partial charge is 0.235 e. The standard InChI is InChI=1S/C18H23N5OS2/c1-3-23-12(2)21-22-18(23)25-11-16(24)20-17-14(10-19)13-8-6-4-5-7-9-15(13)26-17/h3-9,11H2,1-2H3,(H,20,24). The van der Waals surface area contributed by atoms with Crippen molar-refractivity contribution in [3.63, 3.8) is 0 Å². The number of hydrogen-bond donors (Lipinski definition) is 1. The van der Waals surface area contributed by atoms with Gasteiger partial charge < -0.3 is 9.88 Å². The summed E-state index contributed by atoms with van der Waals surface area (Å²) >= 11 is 2.95. The molecule has 3 rings (SSSR count). The van der Waals surface area contributed by atoms with Crippen molar-refractivity contribution >= 4 is 34.0 Å². The van der Waals surface area contributed by atoms with Gasteiger partial charge in [-0.05, 0) is 45.1 Å². The fourth-order valence-corrected chi connectivity index (χ4v) is 5.35. The number of carbonyl (C=O) groups excluding carboxylic acids is 1. The van der Waals surface area contributed by atoms with Gasteiger partial charge in [0.15, 0.2) is 5.16 Å². The minimum atomic E-state index is -0.107. The molecule has 2 aromatic heterocycles. The minimum absolute atomic E-state index is 0.107. The van der Waals surface area contributed by atoms with Crippen LogP contribution in [0.1, 0.15) is 54.4 Å². The van der Waals surface area contributed by atoms with E-state index >= 15 is 0 Å². The maximum absolute atomic E-state index is 12.4. The average Bonchev–Trinajstić information content (AvgIpc) is 3.12. The summed E-state index contributed by atoms with van der Waals surface area (Å²) in [5.41, 5.74) is 1.82. The Labute approximate surface area is 162 Å². The molecule has 0 atom stereocenters. The highest BCUT2D eigenvalue weighted by atomic mass is 32.2. The Morgan fingerprint density at radius 2 is 2.08 bits per heavy atom. The highest BCUT2D eigenvalue weighted by molar-refractivity contribution is 7.99. The summed E-state index contributed by atoms with van der Waals surface area (Å²) in [6, 6.07) is 2.32. The number of aromatic nitrogens is 3. The zero-order valence-electron chi connectivity index (χ0n) is 15.2. The molecule has 8 heteroatoms. The molecule has 1 N–H and O–H groups in total. The lowest BCUT2D eigenvalue weighted by molar-refractivity contribution is -0.113. The molecule has 0 spiro atoms. The van der Waals surface area contributed by atoms with Gasteiger partial charge in [0.1, 0.15) is 16.9 Å². The second-order valence-electron chi connectivity index (χ2n) is 6.34. The zero-order valence-corrected chi connectivity index (χ0v) is 16.8. The van der Waals surface area contributed by atoms with Crippen LogP contribution in [0.4, 0.5) is 5.00 Å². The molecule has 0 fully saturated rings. The van der Waals surface area contributed by atoms with Gasteiger partial charge in [-0.15, -0.1) is 21.5 Å². The summed E-state index contributed by atoms with van der Waals surface area (Å²) in [4.78, 5) is 13.7. The summed E-state index contributed by atoms with van der Waals surface area (Å²) < 4.78 is 1.98. The molecule has 26 heavy (non-hydrogen) atoms. The van der Waals surface area contributed by atoms with Crippen LogP contribution in [0, 0.1) is 18.3 Å². The normalized spacial score (nSPS) is 14.2. The first kappa shape index (κ1) is 18.9. The molecule has 0 radical (unpaired) electrons. The van der Waals surface area contributed by atoms with Gasteiger partial charge in [-0.3, -0.25) is 4.79 Å². The number of nitrogens with one attached hydrogen (secondary N) is 1. The summed E-state index contributed by atoms with van der Waals surface area (Å²) in [6.07, 6.45) is 6.70. The first-order valence-corrected chi connectivity index (χ1v) is 10.8. The van der Waals surface area contributed by atoms with E-state index in [9.17, 15) is 10.1 Å². The largest absolute Gasteiger partial charge is 0.316 e. The second kappa shape index (κ2) is 8.69. The maximum atomic E-state index is 12.4. The van der Waals surface area contributed by atoms with Gasteiger partial charge in [0.05, 0.1) is 11.3 Å². The molecule has 0 bridgehead atoms. The van der Waals surface area contributed by atoms with Crippen LogP contribution in [-0.2, 0) is 24.2 Å². The highest BCUT2D eigenvalue weighted by Crippen LogP contribution is 2.36. The van der Waals surface area contributed by atoms with Crippen LogP contribution < -0.4 is 5.32 Å². The Kier molecular flexibility index (Phi) is 6.33. The van der Waals surface area contributed by atoms with Crippen molar-refractivity contribution in [1.29, 1.82) is 5.26 Å². The van der Waals surface area contributed by atoms with Gasteiger partial charge in [0.25, 0.3) is 0 Å². The van der Waals surface area contributed by atoms with Gasteiger partial charge in [-0.2, -0.15) is 5.26 Å². The molecule has 2 heterocycles. The molecule has 1 aliphatic carbocycles. The van der Waals surface area contributed by atoms with Gasteiger partial charge in [-0.1, -0.05) is 24.6 Å². The Hall–Kier alpha value is -1.85. The van der Waals surface area contributed by atoms with E-state index < -0.39 is 0 Å². The second-order valence-corrected chi connectivity index (χ2v) is 8.39. The third-order valence-electron chi connectivity index (χ3n) is 4.59. The quantitative estimate of drug-likeness (QED) is 0.783. The SMILES string of the molecule is CCn1c(C)nnc1SCC(=O)Nc1sc2c(c1C#N)CCCCCC2. The predicted molar refractivity (Wildman–Crippen MR) is 105 cm³/mol. The maximum Gasteiger partial charge on any atom is 0.235 e. The van der Waals surface area contributed by atoms with E-state index in [1.165, 1.54) is 29.5 Å². The van der Waals surface area contributed by atoms with Crippen LogP contribution in [-0.4, -0.2) is 26.4 Å². The number of nitriles is 1. The lowest BCUT2D eigenvalue weighted by Crippen LogP contribution is -2.14. The lowest BCUT2D eigenvalue weighted by atomic mass is 9.97. The van der Waals surface area contributed by atoms with Crippen molar-refractivity contribution < 1.29 is 4.79 Å². The van der Waals surface area contributed by atoms with Crippen molar-refractivity contribution in [2.24, 2.45) is 0 Å². The number of hydrogen-bond acceptors (Lipinski definition) is 6. The summed E-state index contributed by atoms with van der Waals surface area (Å²) in [5.74, 6) is 0.996. The predicted octanol–water partition coefficient (Wildman–Crippen LogP) is 3.93. The summed E-state index contributed by atoms with van der Waals surface area (Å²) in [7, 11) is 0. The van der Waals surface area contributed by atoms with Crippen molar-refractivity contribution in [1.82, 2.24) is 14.8 Å². The Balaban J connectivity index is 1.69. The number of thiophene rings is 1. The van der Waals surface area contributed by atoms with Crippen molar-refractivity contribution in [3.05, 3.63) is 21.8 Å². The third-order valence-corrected chi connectivity index (χ3v) is 6.76. The van der Waals surface area contributed by atoms with Crippen LogP contribution in [0.2, 0.25) is 0 Å². The Morgan fingerprint density at radius 1 is 1.31 bits per heavy atom. The first-order valence-electron chi connectivity index (χ1n) is 9.01. The van der Waals surface area contributed by atoms with Crippen LogP contribution in [0.5, 0.6) is 0 Å². The van der Waals surface area contributed by atoms with Crippen LogP contribution >= 0.6 is 23.1 Å². The number of thioether (sulfide) groups is 1. The average molecular weight is 390 g/mol. The molecule has 2 aromatic rings. The molecule has 138 valence electrons. The summed E-state index contributed by atoms with van der Waals surface area (Å²) in [5, 5.41) is 22.2. The number of carbonyl (C=O) groups is 1. The van der Waals surface area contributed by atoms with Gasteiger partial charge in [-0.25, -0.2) is 0 Å². The molecule has 0 aromatic carbocycles. The molecule has 0 saturated heterocycles. The number of anilines is 1. The number of fused-ring (bicyclic) bond motifs is 1. The monoisotopic (exact) mass is 389 g/mol.